The van der Waals surface area contributed by atoms with Crippen LogP contribution in [-0.4, -0.2) is 61.2 Å². The third-order valence-electron chi connectivity index (χ3n) is 4.20. The van der Waals surface area contributed by atoms with Crippen molar-refractivity contribution in [1.82, 2.24) is 14.8 Å². The van der Waals surface area contributed by atoms with Gasteiger partial charge in [-0.15, -0.1) is 0 Å². The van der Waals surface area contributed by atoms with Crippen molar-refractivity contribution in [3.05, 3.63) is 30.5 Å². The molecule has 2 heterocycles. The first-order valence-corrected chi connectivity index (χ1v) is 7.85. The van der Waals surface area contributed by atoms with E-state index in [1.807, 2.05) is 29.2 Å². The Kier molecular flexibility index (Phi) is 4.62. The number of urea groups is 1. The number of pyridine rings is 1. The number of rotatable bonds is 2. The van der Waals surface area contributed by atoms with Crippen molar-refractivity contribution in [2.24, 2.45) is 0 Å². The highest BCUT2D eigenvalue weighted by Crippen LogP contribution is 2.28. The van der Waals surface area contributed by atoms with Crippen LogP contribution in [0.2, 0.25) is 0 Å². The fourth-order valence-corrected chi connectivity index (χ4v) is 2.87. The van der Waals surface area contributed by atoms with E-state index in [1.165, 1.54) is 0 Å². The monoisotopic (exact) mass is 314 g/mol. The van der Waals surface area contributed by atoms with E-state index in [0.717, 1.165) is 49.3 Å². The summed E-state index contributed by atoms with van der Waals surface area (Å²) in [6.07, 6.45) is 2.68. The van der Waals surface area contributed by atoms with E-state index in [1.54, 1.807) is 13.3 Å². The molecule has 3 rings (SSSR count). The Labute approximate surface area is 136 Å². The number of carbonyl (C=O) groups excluding carboxylic acids is 1. The van der Waals surface area contributed by atoms with Gasteiger partial charge in [-0.1, -0.05) is 6.07 Å². The van der Waals surface area contributed by atoms with Gasteiger partial charge in [0.2, 0.25) is 0 Å². The maximum absolute atomic E-state index is 12.6. The van der Waals surface area contributed by atoms with Gasteiger partial charge < -0.3 is 19.9 Å². The fourth-order valence-electron chi connectivity index (χ4n) is 2.87. The van der Waals surface area contributed by atoms with Gasteiger partial charge in [0, 0.05) is 31.2 Å². The predicted octanol–water partition coefficient (Wildman–Crippen LogP) is 2.41. The maximum Gasteiger partial charge on any atom is 0.321 e. The lowest BCUT2D eigenvalue weighted by Gasteiger charge is -2.21. The Bertz CT molecular complexity index is 704. The van der Waals surface area contributed by atoms with Crippen LogP contribution in [0.4, 0.5) is 10.5 Å². The van der Waals surface area contributed by atoms with Crippen LogP contribution in [0.5, 0.6) is 5.75 Å². The molecule has 1 aliphatic heterocycles. The normalized spacial score (nSPS) is 16.2. The van der Waals surface area contributed by atoms with Crippen LogP contribution in [0.15, 0.2) is 30.5 Å². The average Bonchev–Trinajstić information content (AvgIpc) is 2.79. The average molecular weight is 314 g/mol. The predicted molar refractivity (Wildman–Crippen MR) is 91.0 cm³/mol. The molecule has 2 aromatic rings. The number of aromatic nitrogens is 1. The minimum atomic E-state index is -0.0718. The molecular weight excluding hydrogens is 292 g/mol. The van der Waals surface area contributed by atoms with Crippen molar-refractivity contribution in [3.63, 3.8) is 0 Å². The van der Waals surface area contributed by atoms with E-state index < -0.39 is 0 Å². The van der Waals surface area contributed by atoms with E-state index >= 15 is 0 Å². The Balaban J connectivity index is 1.82. The van der Waals surface area contributed by atoms with Crippen molar-refractivity contribution in [2.45, 2.75) is 6.42 Å². The highest BCUT2D eigenvalue weighted by atomic mass is 16.5. The van der Waals surface area contributed by atoms with Gasteiger partial charge in [-0.05, 0) is 38.2 Å². The summed E-state index contributed by atoms with van der Waals surface area (Å²) in [7, 11) is 3.72. The van der Waals surface area contributed by atoms with Crippen molar-refractivity contribution < 1.29 is 9.53 Å². The molecule has 1 aliphatic rings. The highest BCUT2D eigenvalue weighted by Gasteiger charge is 2.18. The molecule has 0 aliphatic carbocycles. The second-order valence-electron chi connectivity index (χ2n) is 5.79. The summed E-state index contributed by atoms with van der Waals surface area (Å²) >= 11 is 0. The number of carbonyl (C=O) groups is 1. The molecule has 1 aromatic carbocycles. The molecule has 0 unspecified atom stereocenters. The number of nitrogens with zero attached hydrogens (tertiary/aromatic N) is 3. The number of ether oxygens (including phenoxy) is 1. The minimum Gasteiger partial charge on any atom is -0.496 e. The smallest absolute Gasteiger partial charge is 0.321 e. The lowest BCUT2D eigenvalue weighted by Crippen LogP contribution is -2.37. The third-order valence-corrected chi connectivity index (χ3v) is 4.20. The largest absolute Gasteiger partial charge is 0.496 e. The van der Waals surface area contributed by atoms with Gasteiger partial charge in [-0.3, -0.25) is 4.98 Å². The standard InChI is InChI=1S/C17H22N4O2/c1-20-9-4-10-21(12-11-20)17(22)19-14-6-3-5-13-15(23-2)7-8-18-16(13)14/h3,5-8H,4,9-12H2,1-2H3,(H,19,22). The molecule has 1 fully saturated rings. The van der Waals surface area contributed by atoms with Gasteiger partial charge in [0.25, 0.3) is 0 Å². The first-order chi connectivity index (χ1) is 11.2. The first kappa shape index (κ1) is 15.6. The molecule has 1 saturated heterocycles. The van der Waals surface area contributed by atoms with Crippen molar-refractivity contribution in [2.75, 3.05) is 45.7 Å². The van der Waals surface area contributed by atoms with Gasteiger partial charge in [-0.2, -0.15) is 0 Å². The van der Waals surface area contributed by atoms with Crippen LogP contribution in [0.25, 0.3) is 10.9 Å². The molecule has 1 N–H and O–H groups in total. The number of methoxy groups -OCH3 is 1. The Morgan fingerprint density at radius 3 is 2.91 bits per heavy atom. The van der Waals surface area contributed by atoms with E-state index in [4.69, 9.17) is 4.74 Å². The Hall–Kier alpha value is -2.34. The van der Waals surface area contributed by atoms with Gasteiger partial charge in [-0.25, -0.2) is 4.79 Å². The summed E-state index contributed by atoms with van der Waals surface area (Å²) in [5.41, 5.74) is 1.45. The first-order valence-electron chi connectivity index (χ1n) is 7.85. The van der Waals surface area contributed by atoms with Crippen molar-refractivity contribution in [1.29, 1.82) is 0 Å². The summed E-state index contributed by atoms with van der Waals surface area (Å²) < 4.78 is 5.36. The molecule has 0 radical (unpaired) electrons. The third kappa shape index (κ3) is 3.37. The van der Waals surface area contributed by atoms with Crippen LogP contribution in [0, 0.1) is 0 Å². The second-order valence-corrected chi connectivity index (χ2v) is 5.79. The van der Waals surface area contributed by atoms with Gasteiger partial charge in [0.1, 0.15) is 5.75 Å². The van der Waals surface area contributed by atoms with Crippen LogP contribution in [0.3, 0.4) is 0 Å². The molecule has 0 spiro atoms. The van der Waals surface area contributed by atoms with Crippen molar-refractivity contribution >= 4 is 22.6 Å². The molecule has 1 aromatic heterocycles. The molecule has 6 heteroatoms. The lowest BCUT2D eigenvalue weighted by molar-refractivity contribution is 0.213. The summed E-state index contributed by atoms with van der Waals surface area (Å²) in [4.78, 5) is 21.1. The van der Waals surface area contributed by atoms with Gasteiger partial charge >= 0.3 is 6.03 Å². The molecule has 2 amide bonds. The van der Waals surface area contributed by atoms with Crippen molar-refractivity contribution in [3.8, 4) is 5.75 Å². The minimum absolute atomic E-state index is 0.0718. The zero-order valence-corrected chi connectivity index (χ0v) is 13.6. The zero-order chi connectivity index (χ0) is 16.2. The molecule has 6 nitrogen and oxygen atoms in total. The molecule has 23 heavy (non-hydrogen) atoms. The quantitative estimate of drug-likeness (QED) is 0.925. The number of anilines is 1. The fraction of sp³-hybridized carbons (Fsp3) is 0.412. The number of fused-ring (bicyclic) bond motifs is 1. The maximum atomic E-state index is 12.6. The molecular formula is C17H22N4O2. The number of benzene rings is 1. The van der Waals surface area contributed by atoms with Gasteiger partial charge in [0.05, 0.1) is 18.3 Å². The number of amides is 2. The number of para-hydroxylation sites is 1. The van der Waals surface area contributed by atoms with E-state index in [-0.39, 0.29) is 6.03 Å². The molecule has 0 saturated carbocycles. The number of hydrogen-bond acceptors (Lipinski definition) is 4. The summed E-state index contributed by atoms with van der Waals surface area (Å²) in [5, 5.41) is 3.89. The number of nitrogens with one attached hydrogen (secondary N) is 1. The van der Waals surface area contributed by atoms with Crippen LogP contribution in [0.1, 0.15) is 6.42 Å². The number of hydrogen-bond donors (Lipinski definition) is 1. The van der Waals surface area contributed by atoms with Crippen LogP contribution >= 0.6 is 0 Å². The molecule has 0 bridgehead atoms. The summed E-state index contributed by atoms with van der Waals surface area (Å²) in [5.74, 6) is 0.752. The summed E-state index contributed by atoms with van der Waals surface area (Å²) in [6.45, 7) is 3.44. The second kappa shape index (κ2) is 6.83. The van der Waals surface area contributed by atoms with E-state index in [9.17, 15) is 4.79 Å². The lowest BCUT2D eigenvalue weighted by atomic mass is 10.1. The molecule has 122 valence electrons. The summed E-state index contributed by atoms with van der Waals surface area (Å²) in [6, 6.07) is 7.46. The van der Waals surface area contributed by atoms with Crippen LogP contribution < -0.4 is 10.1 Å². The Morgan fingerprint density at radius 1 is 1.22 bits per heavy atom. The van der Waals surface area contributed by atoms with E-state index in [0.29, 0.717) is 5.69 Å². The molecule has 0 atom stereocenters. The zero-order valence-electron chi connectivity index (χ0n) is 13.6. The van der Waals surface area contributed by atoms with E-state index in [2.05, 4.69) is 22.2 Å². The van der Waals surface area contributed by atoms with Gasteiger partial charge in [0.15, 0.2) is 0 Å². The number of likely N-dealkylation sites (N-methyl/N-ethyl adjacent to an activating group) is 1. The SMILES string of the molecule is COc1ccnc2c(NC(=O)N3CCCN(C)CC3)cccc12. The van der Waals surface area contributed by atoms with Crippen LogP contribution in [-0.2, 0) is 0 Å². The topological polar surface area (TPSA) is 57.7 Å². The Morgan fingerprint density at radius 2 is 2.09 bits per heavy atom. The highest BCUT2D eigenvalue weighted by molar-refractivity contribution is 6.01.